The molecule has 1 N–H and O–H groups in total. The van der Waals surface area contributed by atoms with E-state index in [1.54, 1.807) is 24.3 Å². The lowest BCUT2D eigenvalue weighted by Gasteiger charge is -2.25. The fourth-order valence-electron chi connectivity index (χ4n) is 3.49. The molecule has 0 spiro atoms. The Kier molecular flexibility index (Phi) is 8.83. The van der Waals surface area contributed by atoms with Gasteiger partial charge in [0.05, 0.1) is 0 Å². The van der Waals surface area contributed by atoms with E-state index < -0.39 is 6.10 Å². The average Bonchev–Trinajstić information content (AvgIpc) is 2.82. The van der Waals surface area contributed by atoms with Gasteiger partial charge in [0.15, 0.2) is 5.78 Å². The number of aliphatic hydroxyl groups excluding tert-OH is 1. The monoisotopic (exact) mass is 417 g/mol. The molecular formula is C27H31NO3. The third-order valence-electron chi connectivity index (χ3n) is 5.22. The van der Waals surface area contributed by atoms with Gasteiger partial charge in [0.1, 0.15) is 18.5 Å². The first-order chi connectivity index (χ1) is 15.1. The van der Waals surface area contributed by atoms with E-state index in [0.717, 1.165) is 19.5 Å². The van der Waals surface area contributed by atoms with E-state index in [4.69, 9.17) is 4.74 Å². The number of benzene rings is 3. The van der Waals surface area contributed by atoms with Gasteiger partial charge in [0.2, 0.25) is 0 Å². The van der Waals surface area contributed by atoms with Crippen molar-refractivity contribution >= 4 is 5.78 Å². The summed E-state index contributed by atoms with van der Waals surface area (Å²) in [6, 6.07) is 27.8. The highest BCUT2D eigenvalue weighted by molar-refractivity contribution is 5.95. The zero-order valence-electron chi connectivity index (χ0n) is 18.1. The lowest BCUT2D eigenvalue weighted by atomic mass is 10.1. The summed E-state index contributed by atoms with van der Waals surface area (Å²) in [5, 5.41) is 10.6. The number of rotatable bonds is 12. The smallest absolute Gasteiger partial charge is 0.162 e. The molecule has 31 heavy (non-hydrogen) atoms. The number of ketones is 1. The van der Waals surface area contributed by atoms with E-state index in [1.165, 1.54) is 11.1 Å². The molecule has 0 aliphatic heterocycles. The molecule has 1 atom stereocenters. The topological polar surface area (TPSA) is 49.8 Å². The summed E-state index contributed by atoms with van der Waals surface area (Å²) in [5.41, 5.74) is 3.19. The van der Waals surface area contributed by atoms with Crippen LogP contribution in [-0.2, 0) is 13.0 Å². The van der Waals surface area contributed by atoms with Crippen LogP contribution >= 0.6 is 0 Å². The van der Waals surface area contributed by atoms with Crippen molar-refractivity contribution in [2.24, 2.45) is 0 Å². The molecule has 0 heterocycles. The van der Waals surface area contributed by atoms with Crippen molar-refractivity contribution in [3.8, 4) is 5.75 Å². The predicted molar refractivity (Wildman–Crippen MR) is 124 cm³/mol. The summed E-state index contributed by atoms with van der Waals surface area (Å²) >= 11 is 0. The molecule has 3 rings (SSSR count). The van der Waals surface area contributed by atoms with Crippen molar-refractivity contribution < 1.29 is 14.6 Å². The summed E-state index contributed by atoms with van der Waals surface area (Å²) in [6.07, 6.45) is 0.796. The van der Waals surface area contributed by atoms with Gasteiger partial charge in [-0.3, -0.25) is 9.69 Å². The summed E-state index contributed by atoms with van der Waals surface area (Å²) in [6.45, 7) is 4.20. The van der Waals surface area contributed by atoms with E-state index >= 15 is 0 Å². The second kappa shape index (κ2) is 12.0. The van der Waals surface area contributed by atoms with Crippen molar-refractivity contribution in [1.29, 1.82) is 0 Å². The van der Waals surface area contributed by atoms with Crippen molar-refractivity contribution in [1.82, 2.24) is 4.90 Å². The van der Waals surface area contributed by atoms with Gasteiger partial charge in [-0.15, -0.1) is 0 Å². The first-order valence-electron chi connectivity index (χ1n) is 10.9. The summed E-state index contributed by atoms with van der Waals surface area (Å²) in [7, 11) is 0. The quantitative estimate of drug-likeness (QED) is 0.432. The van der Waals surface area contributed by atoms with Crippen molar-refractivity contribution in [3.05, 3.63) is 102 Å². The van der Waals surface area contributed by atoms with E-state index in [0.29, 0.717) is 24.3 Å². The Bertz CT molecular complexity index is 910. The summed E-state index contributed by atoms with van der Waals surface area (Å²) in [4.78, 5) is 14.0. The standard InChI is InChI=1S/C27H31NO3/c1-2-27(30)24-13-15-26(16-14-24)31-21-25(29)20-28(19-23-11-7-4-8-12-23)18-17-22-9-5-3-6-10-22/h3-16,25,29H,2,17-21H2,1H3/t25-/m1/s1. The van der Waals surface area contributed by atoms with Gasteiger partial charge in [-0.05, 0) is 41.8 Å². The number of Topliss-reactive ketones (excluding diaryl/α,β-unsaturated/α-hetero) is 1. The third kappa shape index (κ3) is 7.67. The van der Waals surface area contributed by atoms with Crippen LogP contribution in [0.3, 0.4) is 0 Å². The number of hydrogen-bond donors (Lipinski definition) is 1. The fourth-order valence-corrected chi connectivity index (χ4v) is 3.49. The summed E-state index contributed by atoms with van der Waals surface area (Å²) in [5.74, 6) is 0.771. The fraction of sp³-hybridized carbons (Fsp3) is 0.296. The molecule has 0 aromatic heterocycles. The third-order valence-corrected chi connectivity index (χ3v) is 5.22. The van der Waals surface area contributed by atoms with Gasteiger partial charge in [-0.2, -0.15) is 0 Å². The van der Waals surface area contributed by atoms with Crippen LogP contribution in [0.1, 0.15) is 34.8 Å². The van der Waals surface area contributed by atoms with Crippen LogP contribution in [0.5, 0.6) is 5.75 Å². The van der Waals surface area contributed by atoms with Gasteiger partial charge >= 0.3 is 0 Å². The molecule has 0 radical (unpaired) electrons. The minimum Gasteiger partial charge on any atom is -0.491 e. The molecule has 0 unspecified atom stereocenters. The molecule has 0 amide bonds. The van der Waals surface area contributed by atoms with Gasteiger partial charge in [-0.25, -0.2) is 0 Å². The SMILES string of the molecule is CCC(=O)c1ccc(OC[C@H](O)CN(CCc2ccccc2)Cc2ccccc2)cc1. The first kappa shape index (κ1) is 22.7. The zero-order valence-corrected chi connectivity index (χ0v) is 18.1. The van der Waals surface area contributed by atoms with E-state index in [9.17, 15) is 9.90 Å². The molecule has 0 bridgehead atoms. The van der Waals surface area contributed by atoms with E-state index in [1.807, 2.05) is 31.2 Å². The van der Waals surface area contributed by atoms with Gasteiger partial charge in [0.25, 0.3) is 0 Å². The Morgan fingerprint density at radius 1 is 0.903 bits per heavy atom. The Hall–Kier alpha value is -2.95. The first-order valence-corrected chi connectivity index (χ1v) is 10.9. The minimum atomic E-state index is -0.614. The normalized spacial score (nSPS) is 12.0. The molecule has 3 aromatic rings. The van der Waals surface area contributed by atoms with Crippen LogP contribution in [0.2, 0.25) is 0 Å². The minimum absolute atomic E-state index is 0.113. The van der Waals surface area contributed by atoms with Crippen molar-refractivity contribution in [2.75, 3.05) is 19.7 Å². The van der Waals surface area contributed by atoms with Crippen molar-refractivity contribution in [2.45, 2.75) is 32.4 Å². The van der Waals surface area contributed by atoms with Gasteiger partial charge in [0, 0.05) is 31.6 Å². The molecule has 4 heteroatoms. The molecule has 0 aliphatic carbocycles. The molecule has 162 valence electrons. The number of carbonyl (C=O) groups excluding carboxylic acids is 1. The molecule has 0 fully saturated rings. The largest absolute Gasteiger partial charge is 0.491 e. The number of nitrogens with zero attached hydrogens (tertiary/aromatic N) is 1. The van der Waals surface area contributed by atoms with Crippen LogP contribution in [0.15, 0.2) is 84.9 Å². The van der Waals surface area contributed by atoms with Crippen molar-refractivity contribution in [3.63, 3.8) is 0 Å². The van der Waals surface area contributed by atoms with Crippen LogP contribution < -0.4 is 4.74 Å². The predicted octanol–water partition coefficient (Wildman–Crippen LogP) is 4.76. The number of aliphatic hydroxyl groups is 1. The average molecular weight is 418 g/mol. The lowest BCUT2D eigenvalue weighted by molar-refractivity contribution is 0.0659. The molecule has 4 nitrogen and oxygen atoms in total. The highest BCUT2D eigenvalue weighted by atomic mass is 16.5. The molecule has 0 saturated heterocycles. The van der Waals surface area contributed by atoms with Crippen LogP contribution in [0.25, 0.3) is 0 Å². The Balaban J connectivity index is 1.55. The second-order valence-corrected chi connectivity index (χ2v) is 7.72. The molecule has 0 saturated carbocycles. The summed E-state index contributed by atoms with van der Waals surface area (Å²) < 4.78 is 5.76. The Labute approximate surface area is 185 Å². The van der Waals surface area contributed by atoms with Gasteiger partial charge in [-0.1, -0.05) is 67.6 Å². The van der Waals surface area contributed by atoms with E-state index in [-0.39, 0.29) is 12.4 Å². The maximum absolute atomic E-state index is 11.7. The number of carbonyl (C=O) groups is 1. The van der Waals surface area contributed by atoms with Gasteiger partial charge < -0.3 is 9.84 Å². The van der Waals surface area contributed by atoms with Crippen LogP contribution in [0, 0.1) is 0 Å². The second-order valence-electron chi connectivity index (χ2n) is 7.72. The number of ether oxygens (including phenoxy) is 1. The Morgan fingerprint density at radius 2 is 1.52 bits per heavy atom. The number of hydrogen-bond acceptors (Lipinski definition) is 4. The maximum atomic E-state index is 11.7. The zero-order chi connectivity index (χ0) is 21.9. The highest BCUT2D eigenvalue weighted by Gasteiger charge is 2.14. The molecule has 3 aromatic carbocycles. The van der Waals surface area contributed by atoms with Crippen LogP contribution in [-0.4, -0.2) is 41.6 Å². The molecule has 0 aliphatic rings. The van der Waals surface area contributed by atoms with Crippen LogP contribution in [0.4, 0.5) is 0 Å². The lowest BCUT2D eigenvalue weighted by Crippen LogP contribution is -2.36. The maximum Gasteiger partial charge on any atom is 0.162 e. The van der Waals surface area contributed by atoms with E-state index in [2.05, 4.69) is 41.3 Å². The highest BCUT2D eigenvalue weighted by Crippen LogP contribution is 2.14. The Morgan fingerprint density at radius 3 is 2.13 bits per heavy atom. The molecular weight excluding hydrogens is 386 g/mol.